The topological polar surface area (TPSA) is 66.0 Å². The second kappa shape index (κ2) is 11.2. The van der Waals surface area contributed by atoms with Crippen LogP contribution in [0.5, 0.6) is 11.5 Å². The molecule has 1 aliphatic carbocycles. The van der Waals surface area contributed by atoms with Crippen LogP contribution in [0.3, 0.4) is 0 Å². The Morgan fingerprint density at radius 3 is 2.45 bits per heavy atom. The van der Waals surface area contributed by atoms with Gasteiger partial charge in [-0.15, -0.1) is 6.58 Å². The molecule has 0 N–H and O–H groups in total. The molecule has 0 spiro atoms. The maximum Gasteiger partial charge on any atom is 0.168 e. The molecule has 0 fully saturated rings. The Balaban J connectivity index is 2.11. The summed E-state index contributed by atoms with van der Waals surface area (Å²) in [5.41, 5.74) is 1.83. The van der Waals surface area contributed by atoms with Crippen LogP contribution in [-0.4, -0.2) is 14.2 Å². The van der Waals surface area contributed by atoms with Crippen LogP contribution >= 0.6 is 0 Å². The summed E-state index contributed by atoms with van der Waals surface area (Å²) in [6, 6.07) is 20.6. The van der Waals surface area contributed by atoms with Gasteiger partial charge in [0.15, 0.2) is 5.41 Å². The number of hydrogen-bond donors (Lipinski definition) is 0. The number of ether oxygens (including phenoxy) is 2. The van der Waals surface area contributed by atoms with E-state index < -0.39 is 5.41 Å². The van der Waals surface area contributed by atoms with E-state index in [1.807, 2.05) is 42.5 Å². The van der Waals surface area contributed by atoms with E-state index in [4.69, 9.17) is 9.47 Å². The first-order chi connectivity index (χ1) is 16.1. The zero-order valence-corrected chi connectivity index (χ0v) is 19.3. The van der Waals surface area contributed by atoms with Crippen molar-refractivity contribution in [3.05, 3.63) is 90.0 Å². The fraction of sp³-hybridized carbons (Fsp3) is 0.310. The van der Waals surface area contributed by atoms with Crippen LogP contribution in [0.4, 0.5) is 0 Å². The van der Waals surface area contributed by atoms with Crippen LogP contribution < -0.4 is 9.47 Å². The number of hydrogen-bond acceptors (Lipinski definition) is 4. The standard InChI is InChI=1S/C29H30N2O2/c1-4-17-29(20-30,21-31)28-14-6-5-13-27(28)26(23-10-8-12-25(19-23)33-3)16-15-22-9-7-11-24(18-22)32-2/h4,7-12,14-16,18-19,26-27H,1,5-6,13,17H2,2-3H3/b16-15+. The Hall–Kier alpha value is -3.76. The third-order valence-electron chi connectivity index (χ3n) is 6.31. The van der Waals surface area contributed by atoms with E-state index in [2.05, 4.69) is 43.0 Å². The van der Waals surface area contributed by atoms with E-state index in [0.717, 1.165) is 47.5 Å². The van der Waals surface area contributed by atoms with Crippen molar-refractivity contribution in [1.82, 2.24) is 0 Å². The Kier molecular flexibility index (Phi) is 8.11. The van der Waals surface area contributed by atoms with Gasteiger partial charge >= 0.3 is 0 Å². The summed E-state index contributed by atoms with van der Waals surface area (Å²) in [7, 11) is 3.32. The van der Waals surface area contributed by atoms with E-state index in [1.165, 1.54) is 0 Å². The van der Waals surface area contributed by atoms with Gasteiger partial charge in [0.2, 0.25) is 0 Å². The van der Waals surface area contributed by atoms with Gasteiger partial charge in [-0.05, 0) is 66.1 Å². The minimum Gasteiger partial charge on any atom is -0.497 e. The molecule has 1 aliphatic rings. The zero-order chi connectivity index (χ0) is 23.7. The van der Waals surface area contributed by atoms with Crippen LogP contribution in [0.25, 0.3) is 6.08 Å². The molecule has 0 saturated heterocycles. The Bertz CT molecular complexity index is 1100. The zero-order valence-electron chi connectivity index (χ0n) is 19.3. The second-order valence-corrected chi connectivity index (χ2v) is 8.26. The van der Waals surface area contributed by atoms with E-state index in [9.17, 15) is 10.5 Å². The van der Waals surface area contributed by atoms with Crippen molar-refractivity contribution < 1.29 is 9.47 Å². The summed E-state index contributed by atoms with van der Waals surface area (Å²) in [4.78, 5) is 0. The van der Waals surface area contributed by atoms with Crippen molar-refractivity contribution in [2.24, 2.45) is 11.3 Å². The predicted octanol–water partition coefficient (Wildman–Crippen LogP) is 6.84. The molecular formula is C29H30N2O2. The SMILES string of the molecule is C=CCC(C#N)(C#N)C1=CCCCC1C(/C=C/c1cccc(OC)c1)c1cccc(OC)c1. The molecule has 0 radical (unpaired) electrons. The monoisotopic (exact) mass is 438 g/mol. The Labute approximate surface area is 197 Å². The van der Waals surface area contributed by atoms with Gasteiger partial charge in [-0.1, -0.05) is 48.6 Å². The first kappa shape index (κ1) is 23.9. The molecule has 2 unspecified atom stereocenters. The number of benzene rings is 2. The highest BCUT2D eigenvalue weighted by molar-refractivity contribution is 5.54. The number of nitrogens with zero attached hydrogens (tertiary/aromatic N) is 2. The number of methoxy groups -OCH3 is 2. The summed E-state index contributed by atoms with van der Waals surface area (Å²) < 4.78 is 10.9. The van der Waals surface area contributed by atoms with Crippen LogP contribution in [0.2, 0.25) is 0 Å². The third-order valence-corrected chi connectivity index (χ3v) is 6.31. The summed E-state index contributed by atoms with van der Waals surface area (Å²) in [6.07, 6.45) is 11.2. The van der Waals surface area contributed by atoms with Crippen molar-refractivity contribution in [1.29, 1.82) is 10.5 Å². The Morgan fingerprint density at radius 1 is 1.09 bits per heavy atom. The summed E-state index contributed by atoms with van der Waals surface area (Å²) >= 11 is 0. The predicted molar refractivity (Wildman–Crippen MR) is 132 cm³/mol. The highest BCUT2D eigenvalue weighted by Gasteiger charge is 2.41. The molecule has 4 heteroatoms. The number of rotatable bonds is 9. The first-order valence-corrected chi connectivity index (χ1v) is 11.2. The van der Waals surface area contributed by atoms with Gasteiger partial charge in [-0.25, -0.2) is 0 Å². The summed E-state index contributed by atoms with van der Waals surface area (Å²) in [5, 5.41) is 20.1. The lowest BCUT2D eigenvalue weighted by atomic mass is 9.65. The molecule has 168 valence electrons. The molecule has 2 aromatic rings. The molecule has 2 aromatic carbocycles. The van der Waals surface area contributed by atoms with Gasteiger partial charge in [0, 0.05) is 12.3 Å². The maximum atomic E-state index is 10.1. The lowest BCUT2D eigenvalue weighted by molar-refractivity contribution is 0.399. The minimum atomic E-state index is -1.20. The van der Waals surface area contributed by atoms with E-state index in [0.29, 0.717) is 6.42 Å². The van der Waals surface area contributed by atoms with Crippen LogP contribution in [0, 0.1) is 34.0 Å². The van der Waals surface area contributed by atoms with Crippen molar-refractivity contribution >= 4 is 6.08 Å². The molecule has 0 amide bonds. The molecule has 0 bridgehead atoms. The molecule has 0 aliphatic heterocycles. The smallest absolute Gasteiger partial charge is 0.168 e. The van der Waals surface area contributed by atoms with Gasteiger partial charge < -0.3 is 9.47 Å². The fourth-order valence-electron chi connectivity index (χ4n) is 4.63. The third kappa shape index (κ3) is 5.36. The number of allylic oxidation sites excluding steroid dienone is 4. The van der Waals surface area contributed by atoms with E-state index >= 15 is 0 Å². The molecule has 4 nitrogen and oxygen atoms in total. The molecule has 2 atom stereocenters. The second-order valence-electron chi connectivity index (χ2n) is 8.26. The summed E-state index contributed by atoms with van der Waals surface area (Å²) in [5.74, 6) is 1.58. The van der Waals surface area contributed by atoms with Crippen molar-refractivity contribution in [3.63, 3.8) is 0 Å². The van der Waals surface area contributed by atoms with Gasteiger partial charge in [-0.3, -0.25) is 0 Å². The first-order valence-electron chi connectivity index (χ1n) is 11.2. The average molecular weight is 439 g/mol. The van der Waals surface area contributed by atoms with E-state index in [1.54, 1.807) is 20.3 Å². The van der Waals surface area contributed by atoms with Crippen molar-refractivity contribution in [2.75, 3.05) is 14.2 Å². The van der Waals surface area contributed by atoms with Crippen LogP contribution in [0.1, 0.15) is 42.7 Å². The minimum absolute atomic E-state index is 0.0203. The molecule has 0 saturated carbocycles. The molecular weight excluding hydrogens is 408 g/mol. The largest absolute Gasteiger partial charge is 0.497 e. The molecule has 3 rings (SSSR count). The average Bonchev–Trinajstić information content (AvgIpc) is 2.88. The van der Waals surface area contributed by atoms with Gasteiger partial charge in [0.25, 0.3) is 0 Å². The number of nitriles is 2. The lowest BCUT2D eigenvalue weighted by Crippen LogP contribution is -2.29. The van der Waals surface area contributed by atoms with E-state index in [-0.39, 0.29) is 11.8 Å². The highest BCUT2D eigenvalue weighted by atomic mass is 16.5. The fourth-order valence-corrected chi connectivity index (χ4v) is 4.63. The lowest BCUT2D eigenvalue weighted by Gasteiger charge is -2.36. The van der Waals surface area contributed by atoms with Crippen molar-refractivity contribution in [2.45, 2.75) is 31.6 Å². The molecule has 0 heterocycles. The maximum absolute atomic E-state index is 10.1. The van der Waals surface area contributed by atoms with Crippen LogP contribution in [0.15, 0.2) is 78.9 Å². The molecule has 0 aromatic heterocycles. The highest BCUT2D eigenvalue weighted by Crippen LogP contribution is 2.47. The van der Waals surface area contributed by atoms with Gasteiger partial charge in [-0.2, -0.15) is 10.5 Å². The van der Waals surface area contributed by atoms with Gasteiger partial charge in [0.1, 0.15) is 11.5 Å². The van der Waals surface area contributed by atoms with Crippen molar-refractivity contribution in [3.8, 4) is 23.6 Å². The summed E-state index contributed by atoms with van der Waals surface area (Å²) in [6.45, 7) is 3.81. The quantitative estimate of drug-likeness (QED) is 0.402. The van der Waals surface area contributed by atoms with Gasteiger partial charge in [0.05, 0.1) is 26.4 Å². The Morgan fingerprint density at radius 2 is 1.79 bits per heavy atom. The molecule has 33 heavy (non-hydrogen) atoms. The normalized spacial score (nSPS) is 16.8. The van der Waals surface area contributed by atoms with Crippen LogP contribution in [-0.2, 0) is 0 Å².